The lowest BCUT2D eigenvalue weighted by atomic mass is 10.0. The molecule has 0 aromatic heterocycles. The Bertz CT molecular complexity index is 149. The first kappa shape index (κ1) is 8.76. The van der Waals surface area contributed by atoms with Crippen LogP contribution in [0.2, 0.25) is 0 Å². The van der Waals surface area contributed by atoms with Gasteiger partial charge in [-0.25, -0.2) is 0 Å². The lowest BCUT2D eigenvalue weighted by Gasteiger charge is -2.01. The molecule has 1 saturated carbocycles. The third kappa shape index (κ3) is 2.32. The zero-order valence-corrected chi connectivity index (χ0v) is 7.76. The SMILES string of the molecule is CCC(=O)CC1CC1C(C)C. The van der Waals surface area contributed by atoms with Gasteiger partial charge in [0.2, 0.25) is 0 Å². The quantitative estimate of drug-likeness (QED) is 0.608. The molecule has 1 nitrogen and oxygen atoms in total. The summed E-state index contributed by atoms with van der Waals surface area (Å²) in [6.07, 6.45) is 2.87. The second kappa shape index (κ2) is 3.38. The van der Waals surface area contributed by atoms with Crippen LogP contribution in [0.15, 0.2) is 0 Å². The van der Waals surface area contributed by atoms with E-state index < -0.39 is 0 Å². The summed E-state index contributed by atoms with van der Waals surface area (Å²) < 4.78 is 0. The Morgan fingerprint density at radius 3 is 2.55 bits per heavy atom. The fourth-order valence-electron chi connectivity index (χ4n) is 1.76. The molecule has 1 rings (SSSR count). The van der Waals surface area contributed by atoms with E-state index in [1.54, 1.807) is 0 Å². The molecule has 0 spiro atoms. The molecule has 0 aromatic carbocycles. The first-order valence-corrected chi connectivity index (χ1v) is 4.66. The fourth-order valence-corrected chi connectivity index (χ4v) is 1.76. The van der Waals surface area contributed by atoms with Crippen molar-refractivity contribution >= 4 is 5.78 Å². The lowest BCUT2D eigenvalue weighted by Crippen LogP contribution is -1.99. The Labute approximate surface area is 69.2 Å². The zero-order chi connectivity index (χ0) is 8.43. The van der Waals surface area contributed by atoms with Crippen LogP contribution < -0.4 is 0 Å². The van der Waals surface area contributed by atoms with Crippen LogP contribution in [0.3, 0.4) is 0 Å². The number of ketones is 1. The van der Waals surface area contributed by atoms with Gasteiger partial charge in [0.05, 0.1) is 0 Å². The molecule has 0 bridgehead atoms. The number of Topliss-reactive ketones (excluding diaryl/α,β-unsaturated/α-hetero) is 1. The molecule has 2 unspecified atom stereocenters. The minimum Gasteiger partial charge on any atom is -0.300 e. The highest BCUT2D eigenvalue weighted by Crippen LogP contribution is 2.46. The van der Waals surface area contributed by atoms with Gasteiger partial charge in [-0.2, -0.15) is 0 Å². The minimum absolute atomic E-state index is 0.443. The molecule has 0 saturated heterocycles. The normalized spacial score (nSPS) is 29.1. The molecule has 0 heterocycles. The van der Waals surface area contributed by atoms with Gasteiger partial charge < -0.3 is 0 Å². The Morgan fingerprint density at radius 2 is 2.18 bits per heavy atom. The largest absolute Gasteiger partial charge is 0.300 e. The van der Waals surface area contributed by atoms with Crippen molar-refractivity contribution in [3.63, 3.8) is 0 Å². The Kier molecular flexibility index (Phi) is 2.69. The molecule has 0 radical (unpaired) electrons. The molecule has 0 aliphatic heterocycles. The average Bonchev–Trinajstić information content (AvgIpc) is 2.67. The summed E-state index contributed by atoms with van der Waals surface area (Å²) in [6.45, 7) is 6.46. The second-order valence-electron chi connectivity index (χ2n) is 4.00. The van der Waals surface area contributed by atoms with Crippen LogP contribution >= 0.6 is 0 Å². The van der Waals surface area contributed by atoms with E-state index in [0.717, 1.165) is 30.6 Å². The molecule has 1 aliphatic rings. The van der Waals surface area contributed by atoms with Gasteiger partial charge in [0.25, 0.3) is 0 Å². The summed E-state index contributed by atoms with van der Waals surface area (Å²) >= 11 is 0. The fraction of sp³-hybridized carbons (Fsp3) is 0.900. The van der Waals surface area contributed by atoms with Gasteiger partial charge in [0, 0.05) is 12.8 Å². The zero-order valence-electron chi connectivity index (χ0n) is 7.76. The summed E-state index contributed by atoms with van der Waals surface area (Å²) in [7, 11) is 0. The van der Waals surface area contributed by atoms with Crippen LogP contribution in [-0.2, 0) is 4.79 Å². The molecule has 0 aromatic rings. The molecule has 11 heavy (non-hydrogen) atoms. The molecule has 0 amide bonds. The third-order valence-electron chi connectivity index (χ3n) is 2.72. The maximum Gasteiger partial charge on any atom is 0.132 e. The molecule has 1 heteroatoms. The van der Waals surface area contributed by atoms with Crippen molar-refractivity contribution in [2.24, 2.45) is 17.8 Å². The highest BCUT2D eigenvalue weighted by Gasteiger charge is 2.39. The maximum atomic E-state index is 11.0. The van der Waals surface area contributed by atoms with Crippen molar-refractivity contribution in [3.8, 4) is 0 Å². The standard InChI is InChI=1S/C10H18O/c1-4-9(11)5-8-6-10(8)7(2)3/h7-8,10H,4-6H2,1-3H3. The smallest absolute Gasteiger partial charge is 0.132 e. The maximum absolute atomic E-state index is 11.0. The third-order valence-corrected chi connectivity index (χ3v) is 2.72. The minimum atomic E-state index is 0.443. The molecule has 64 valence electrons. The topological polar surface area (TPSA) is 17.1 Å². The number of hydrogen-bond acceptors (Lipinski definition) is 1. The van der Waals surface area contributed by atoms with Crippen LogP contribution in [0.25, 0.3) is 0 Å². The van der Waals surface area contributed by atoms with E-state index in [0.29, 0.717) is 5.78 Å². The van der Waals surface area contributed by atoms with Crippen molar-refractivity contribution in [3.05, 3.63) is 0 Å². The van der Waals surface area contributed by atoms with E-state index in [9.17, 15) is 4.79 Å². The van der Waals surface area contributed by atoms with E-state index in [2.05, 4.69) is 13.8 Å². The molecule has 1 aliphatic carbocycles. The van der Waals surface area contributed by atoms with E-state index in [1.165, 1.54) is 6.42 Å². The summed E-state index contributed by atoms with van der Waals surface area (Å²) in [6, 6.07) is 0. The van der Waals surface area contributed by atoms with E-state index >= 15 is 0 Å². The van der Waals surface area contributed by atoms with Crippen molar-refractivity contribution < 1.29 is 4.79 Å². The average molecular weight is 154 g/mol. The summed E-state index contributed by atoms with van der Waals surface area (Å²) in [5.41, 5.74) is 0. The van der Waals surface area contributed by atoms with E-state index in [1.807, 2.05) is 6.92 Å². The van der Waals surface area contributed by atoms with Crippen molar-refractivity contribution in [2.45, 2.75) is 40.0 Å². The summed E-state index contributed by atoms with van der Waals surface area (Å²) in [5.74, 6) is 2.82. The molecule has 1 fully saturated rings. The second-order valence-corrected chi connectivity index (χ2v) is 4.00. The number of carbonyl (C=O) groups excluding carboxylic acids is 1. The Morgan fingerprint density at radius 1 is 1.55 bits per heavy atom. The molecule has 2 atom stereocenters. The van der Waals surface area contributed by atoms with Crippen LogP contribution in [0, 0.1) is 17.8 Å². The van der Waals surface area contributed by atoms with Gasteiger partial charge in [-0.05, 0) is 24.2 Å². The predicted octanol–water partition coefficient (Wildman–Crippen LogP) is 2.65. The van der Waals surface area contributed by atoms with Crippen molar-refractivity contribution in [2.75, 3.05) is 0 Å². The van der Waals surface area contributed by atoms with Gasteiger partial charge in [-0.15, -0.1) is 0 Å². The number of carbonyl (C=O) groups is 1. The number of rotatable bonds is 4. The first-order valence-electron chi connectivity index (χ1n) is 4.66. The monoisotopic (exact) mass is 154 g/mol. The lowest BCUT2D eigenvalue weighted by molar-refractivity contribution is -0.119. The predicted molar refractivity (Wildman–Crippen MR) is 46.4 cm³/mol. The Balaban J connectivity index is 2.18. The van der Waals surface area contributed by atoms with Crippen molar-refractivity contribution in [1.29, 1.82) is 0 Å². The van der Waals surface area contributed by atoms with Crippen molar-refractivity contribution in [1.82, 2.24) is 0 Å². The highest BCUT2D eigenvalue weighted by atomic mass is 16.1. The summed E-state index contributed by atoms with van der Waals surface area (Å²) in [4.78, 5) is 11.0. The van der Waals surface area contributed by atoms with Gasteiger partial charge >= 0.3 is 0 Å². The van der Waals surface area contributed by atoms with Crippen LogP contribution in [0.1, 0.15) is 40.0 Å². The van der Waals surface area contributed by atoms with Gasteiger partial charge in [-0.3, -0.25) is 4.79 Å². The molecular formula is C10H18O. The van der Waals surface area contributed by atoms with E-state index in [4.69, 9.17) is 0 Å². The summed E-state index contributed by atoms with van der Waals surface area (Å²) in [5, 5.41) is 0. The molecule has 0 N–H and O–H groups in total. The van der Waals surface area contributed by atoms with E-state index in [-0.39, 0.29) is 0 Å². The first-order chi connectivity index (χ1) is 5.15. The van der Waals surface area contributed by atoms with Gasteiger partial charge in [0.15, 0.2) is 0 Å². The van der Waals surface area contributed by atoms with Gasteiger partial charge in [-0.1, -0.05) is 20.8 Å². The molecular weight excluding hydrogens is 136 g/mol. The van der Waals surface area contributed by atoms with Gasteiger partial charge in [0.1, 0.15) is 5.78 Å². The van der Waals surface area contributed by atoms with Crippen LogP contribution in [0.5, 0.6) is 0 Å². The Hall–Kier alpha value is -0.330. The van der Waals surface area contributed by atoms with Crippen LogP contribution in [-0.4, -0.2) is 5.78 Å². The highest BCUT2D eigenvalue weighted by molar-refractivity contribution is 5.78. The van der Waals surface area contributed by atoms with Crippen LogP contribution in [0.4, 0.5) is 0 Å². The number of hydrogen-bond donors (Lipinski definition) is 0.